The van der Waals surface area contributed by atoms with Crippen molar-refractivity contribution in [3.63, 3.8) is 0 Å². The Morgan fingerprint density at radius 2 is 1.82 bits per heavy atom. The van der Waals surface area contributed by atoms with Crippen molar-refractivity contribution in [2.75, 3.05) is 39.3 Å². The fourth-order valence-corrected chi connectivity index (χ4v) is 1.44. The number of carbonyl (C=O) groups is 2. The third-order valence-corrected chi connectivity index (χ3v) is 2.17. The van der Waals surface area contributed by atoms with Crippen molar-refractivity contribution < 1.29 is 9.59 Å². The zero-order valence-electron chi connectivity index (χ0n) is 9.82. The van der Waals surface area contributed by atoms with E-state index in [4.69, 9.17) is 0 Å². The molecule has 17 heavy (non-hydrogen) atoms. The number of halogens is 2. The van der Waals surface area contributed by atoms with E-state index in [0.29, 0.717) is 13.1 Å². The van der Waals surface area contributed by atoms with E-state index in [1.54, 1.807) is 6.92 Å². The Morgan fingerprint density at radius 3 is 2.35 bits per heavy atom. The number of hydrogen-bond donors (Lipinski definition) is 3. The molecule has 3 N–H and O–H groups in total. The Morgan fingerprint density at radius 1 is 1.24 bits per heavy atom. The molecule has 0 aromatic heterocycles. The van der Waals surface area contributed by atoms with Gasteiger partial charge in [-0.3, -0.25) is 15.0 Å². The average Bonchev–Trinajstić information content (AvgIpc) is 2.19. The largest absolute Gasteiger partial charge is 0.338 e. The molecule has 1 aliphatic rings. The molecule has 0 aromatic rings. The summed E-state index contributed by atoms with van der Waals surface area (Å²) in [6, 6.07) is -0.419. The maximum Gasteiger partial charge on any atom is 0.321 e. The minimum Gasteiger partial charge on any atom is -0.338 e. The number of piperazine rings is 1. The molecule has 0 spiro atoms. The first kappa shape index (κ1) is 18.8. The van der Waals surface area contributed by atoms with Crippen LogP contribution >= 0.6 is 24.8 Å². The first-order chi connectivity index (χ1) is 7.22. The molecule has 0 unspecified atom stereocenters. The van der Waals surface area contributed by atoms with Crippen molar-refractivity contribution in [1.29, 1.82) is 0 Å². The number of nitrogens with zero attached hydrogens (tertiary/aromatic N) is 1. The van der Waals surface area contributed by atoms with Gasteiger partial charge in [0, 0.05) is 32.7 Å². The van der Waals surface area contributed by atoms with Crippen molar-refractivity contribution in [2.45, 2.75) is 6.92 Å². The van der Waals surface area contributed by atoms with E-state index in [9.17, 15) is 9.59 Å². The highest BCUT2D eigenvalue weighted by Crippen LogP contribution is 1.90. The molecule has 102 valence electrons. The summed E-state index contributed by atoms with van der Waals surface area (Å²) >= 11 is 0. The van der Waals surface area contributed by atoms with Crippen molar-refractivity contribution in [2.24, 2.45) is 0 Å². The van der Waals surface area contributed by atoms with Crippen LogP contribution in [0.4, 0.5) is 4.79 Å². The van der Waals surface area contributed by atoms with E-state index < -0.39 is 6.03 Å². The van der Waals surface area contributed by atoms with E-state index in [-0.39, 0.29) is 30.7 Å². The molecular formula is C9H20Cl2N4O2. The predicted octanol–water partition coefficient (Wildman–Crippen LogP) is -0.419. The van der Waals surface area contributed by atoms with Crippen LogP contribution in [0.5, 0.6) is 0 Å². The predicted molar refractivity (Wildman–Crippen MR) is 71.0 cm³/mol. The second-order valence-electron chi connectivity index (χ2n) is 3.43. The number of amides is 3. The monoisotopic (exact) mass is 286 g/mol. The maximum atomic E-state index is 11.4. The summed E-state index contributed by atoms with van der Waals surface area (Å²) in [7, 11) is 0. The minimum atomic E-state index is -0.419. The lowest BCUT2D eigenvalue weighted by atomic mass is 10.3. The second kappa shape index (κ2) is 10.6. The summed E-state index contributed by atoms with van der Waals surface area (Å²) < 4.78 is 0. The van der Waals surface area contributed by atoms with Gasteiger partial charge in [0.25, 0.3) is 0 Å². The molecule has 1 saturated heterocycles. The van der Waals surface area contributed by atoms with Crippen molar-refractivity contribution in [3.05, 3.63) is 0 Å². The molecule has 8 heteroatoms. The van der Waals surface area contributed by atoms with Gasteiger partial charge in [-0.1, -0.05) is 0 Å². The fourth-order valence-electron chi connectivity index (χ4n) is 1.44. The number of imide groups is 1. The zero-order valence-corrected chi connectivity index (χ0v) is 11.5. The standard InChI is InChI=1S/C9H18N4O2.2ClH/c1-2-11-9(15)12-8(14)7-13-5-3-10-4-6-13;;/h10H,2-7H2,1H3,(H2,11,12,14,15);2*1H. The van der Waals surface area contributed by atoms with Crippen molar-refractivity contribution in [1.82, 2.24) is 20.9 Å². The van der Waals surface area contributed by atoms with Gasteiger partial charge in [0.1, 0.15) is 0 Å². The first-order valence-corrected chi connectivity index (χ1v) is 5.23. The van der Waals surface area contributed by atoms with E-state index in [2.05, 4.69) is 16.0 Å². The van der Waals surface area contributed by atoms with E-state index >= 15 is 0 Å². The lowest BCUT2D eigenvalue weighted by molar-refractivity contribution is -0.121. The van der Waals surface area contributed by atoms with Gasteiger partial charge in [-0.05, 0) is 6.92 Å². The molecule has 0 atom stereocenters. The maximum absolute atomic E-state index is 11.4. The second-order valence-corrected chi connectivity index (χ2v) is 3.43. The normalized spacial score (nSPS) is 15.1. The third kappa shape index (κ3) is 8.20. The molecule has 1 aliphatic heterocycles. The number of rotatable bonds is 3. The number of nitrogens with one attached hydrogen (secondary N) is 3. The van der Waals surface area contributed by atoms with Crippen LogP contribution in [0.2, 0.25) is 0 Å². The third-order valence-electron chi connectivity index (χ3n) is 2.17. The van der Waals surface area contributed by atoms with Gasteiger partial charge >= 0.3 is 6.03 Å². The van der Waals surface area contributed by atoms with Gasteiger partial charge in [-0.25, -0.2) is 4.79 Å². The van der Waals surface area contributed by atoms with Gasteiger partial charge in [-0.2, -0.15) is 0 Å². The Balaban J connectivity index is 0. The first-order valence-electron chi connectivity index (χ1n) is 5.23. The summed E-state index contributed by atoms with van der Waals surface area (Å²) in [5, 5.41) is 7.99. The van der Waals surface area contributed by atoms with Crippen LogP contribution in [-0.2, 0) is 4.79 Å². The Kier molecular flexibility index (Phi) is 11.7. The van der Waals surface area contributed by atoms with Gasteiger partial charge in [0.05, 0.1) is 6.54 Å². The minimum absolute atomic E-state index is 0. The Bertz CT molecular complexity index is 235. The van der Waals surface area contributed by atoms with Gasteiger partial charge in [0.2, 0.25) is 5.91 Å². The van der Waals surface area contributed by atoms with Crippen LogP contribution in [0.3, 0.4) is 0 Å². The summed E-state index contributed by atoms with van der Waals surface area (Å²) in [4.78, 5) is 24.4. The summed E-state index contributed by atoms with van der Waals surface area (Å²) in [5.74, 6) is -0.247. The van der Waals surface area contributed by atoms with Crippen LogP contribution in [0.1, 0.15) is 6.92 Å². The van der Waals surface area contributed by atoms with Crippen LogP contribution in [0, 0.1) is 0 Å². The van der Waals surface area contributed by atoms with E-state index in [1.807, 2.05) is 4.90 Å². The highest BCUT2D eigenvalue weighted by Gasteiger charge is 2.14. The lowest BCUT2D eigenvalue weighted by Crippen LogP contribution is -2.49. The van der Waals surface area contributed by atoms with Crippen LogP contribution in [0.15, 0.2) is 0 Å². The Labute approximate surface area is 114 Å². The molecule has 0 bridgehead atoms. The molecule has 0 radical (unpaired) electrons. The molecule has 6 nitrogen and oxygen atoms in total. The molecule has 0 aliphatic carbocycles. The molecule has 0 aromatic carbocycles. The summed E-state index contributed by atoms with van der Waals surface area (Å²) in [6.07, 6.45) is 0. The summed E-state index contributed by atoms with van der Waals surface area (Å²) in [5.41, 5.74) is 0. The van der Waals surface area contributed by atoms with Gasteiger partial charge < -0.3 is 10.6 Å². The summed E-state index contributed by atoms with van der Waals surface area (Å²) in [6.45, 7) is 6.11. The average molecular weight is 287 g/mol. The highest BCUT2D eigenvalue weighted by molar-refractivity contribution is 5.95. The SMILES string of the molecule is CCNC(=O)NC(=O)CN1CCNCC1.Cl.Cl. The molecule has 3 amide bonds. The number of urea groups is 1. The lowest BCUT2D eigenvalue weighted by Gasteiger charge is -2.26. The Hall–Kier alpha value is -0.560. The molecule has 1 fully saturated rings. The molecule has 1 heterocycles. The fraction of sp³-hybridized carbons (Fsp3) is 0.778. The zero-order chi connectivity index (χ0) is 11.1. The van der Waals surface area contributed by atoms with E-state index in [0.717, 1.165) is 26.2 Å². The van der Waals surface area contributed by atoms with Gasteiger partial charge in [0.15, 0.2) is 0 Å². The molecular weight excluding hydrogens is 267 g/mol. The molecule has 1 rings (SSSR count). The van der Waals surface area contributed by atoms with Crippen LogP contribution in [0.25, 0.3) is 0 Å². The van der Waals surface area contributed by atoms with E-state index in [1.165, 1.54) is 0 Å². The number of carbonyl (C=O) groups excluding carboxylic acids is 2. The van der Waals surface area contributed by atoms with Crippen molar-refractivity contribution >= 4 is 36.8 Å². The number of hydrogen-bond acceptors (Lipinski definition) is 4. The smallest absolute Gasteiger partial charge is 0.321 e. The van der Waals surface area contributed by atoms with Crippen LogP contribution in [-0.4, -0.2) is 56.1 Å². The quantitative estimate of drug-likeness (QED) is 0.659. The molecule has 0 saturated carbocycles. The van der Waals surface area contributed by atoms with Crippen LogP contribution < -0.4 is 16.0 Å². The van der Waals surface area contributed by atoms with Gasteiger partial charge in [-0.15, -0.1) is 24.8 Å². The topological polar surface area (TPSA) is 73.5 Å². The van der Waals surface area contributed by atoms with Crippen molar-refractivity contribution in [3.8, 4) is 0 Å². The highest BCUT2D eigenvalue weighted by atomic mass is 35.5.